The highest BCUT2D eigenvalue weighted by Crippen LogP contribution is 2.48. The van der Waals surface area contributed by atoms with Crippen LogP contribution < -0.4 is 10.1 Å². The molecule has 0 radical (unpaired) electrons. The molecule has 1 saturated heterocycles. The summed E-state index contributed by atoms with van der Waals surface area (Å²) in [6.45, 7) is 6.69. The van der Waals surface area contributed by atoms with E-state index in [9.17, 15) is 0 Å². The average molecular weight is 302 g/mol. The smallest absolute Gasteiger partial charge is 0.140 e. The summed E-state index contributed by atoms with van der Waals surface area (Å²) in [6.07, 6.45) is 0.0531. The van der Waals surface area contributed by atoms with Gasteiger partial charge in [-0.1, -0.05) is 12.1 Å². The molecular formula is C16H18N2O2S. The Morgan fingerprint density at radius 2 is 2.19 bits per heavy atom. The van der Waals surface area contributed by atoms with Gasteiger partial charge in [0.05, 0.1) is 17.2 Å². The van der Waals surface area contributed by atoms with E-state index in [2.05, 4.69) is 25.2 Å². The second-order valence-electron chi connectivity index (χ2n) is 5.90. The standard InChI is InChI=1S/C16H18N2O2S/c1-16(2)14-13(10-5-3-4-6-11(10)20-16)18-15(21-14)12-9-17-7-8-19-12/h3-6,12,17H,7-9H2,1-2H3. The van der Waals surface area contributed by atoms with Gasteiger partial charge in [0.25, 0.3) is 0 Å². The number of ether oxygens (including phenoxy) is 2. The number of aromatic nitrogens is 1. The van der Waals surface area contributed by atoms with Gasteiger partial charge in [-0.3, -0.25) is 0 Å². The van der Waals surface area contributed by atoms with Gasteiger partial charge in [-0.05, 0) is 26.0 Å². The fourth-order valence-electron chi connectivity index (χ4n) is 2.86. The summed E-state index contributed by atoms with van der Waals surface area (Å²) in [5, 5.41) is 4.41. The third kappa shape index (κ3) is 2.16. The number of benzene rings is 1. The van der Waals surface area contributed by atoms with Crippen molar-refractivity contribution in [2.45, 2.75) is 25.6 Å². The van der Waals surface area contributed by atoms with Gasteiger partial charge in [0, 0.05) is 18.7 Å². The summed E-state index contributed by atoms with van der Waals surface area (Å²) in [7, 11) is 0. The van der Waals surface area contributed by atoms with Crippen molar-refractivity contribution >= 4 is 11.3 Å². The van der Waals surface area contributed by atoms with E-state index in [1.54, 1.807) is 11.3 Å². The first-order valence-electron chi connectivity index (χ1n) is 7.27. The summed E-state index contributed by atoms with van der Waals surface area (Å²) < 4.78 is 12.0. The summed E-state index contributed by atoms with van der Waals surface area (Å²) in [4.78, 5) is 6.07. The monoisotopic (exact) mass is 302 g/mol. The molecule has 0 saturated carbocycles. The number of para-hydroxylation sites is 1. The van der Waals surface area contributed by atoms with E-state index >= 15 is 0 Å². The Morgan fingerprint density at radius 3 is 3.00 bits per heavy atom. The van der Waals surface area contributed by atoms with Crippen LogP contribution in [0.2, 0.25) is 0 Å². The lowest BCUT2D eigenvalue weighted by molar-refractivity contribution is 0.0276. The van der Waals surface area contributed by atoms with Crippen LogP contribution in [0.25, 0.3) is 11.3 Å². The molecule has 0 aliphatic carbocycles. The molecular weight excluding hydrogens is 284 g/mol. The fourth-order valence-corrected chi connectivity index (χ4v) is 4.03. The van der Waals surface area contributed by atoms with Gasteiger partial charge in [-0.15, -0.1) is 11.3 Å². The lowest BCUT2D eigenvalue weighted by Gasteiger charge is -2.31. The third-order valence-corrected chi connectivity index (χ3v) is 5.35. The minimum Gasteiger partial charge on any atom is -0.482 e. The molecule has 4 rings (SSSR count). The summed E-state index contributed by atoms with van der Waals surface area (Å²) in [5.41, 5.74) is 1.79. The number of fused-ring (bicyclic) bond motifs is 3. The number of rotatable bonds is 1. The Morgan fingerprint density at radius 1 is 1.33 bits per heavy atom. The van der Waals surface area contributed by atoms with Gasteiger partial charge in [0.1, 0.15) is 22.5 Å². The number of nitrogens with one attached hydrogen (secondary N) is 1. The molecule has 1 atom stereocenters. The molecule has 1 aromatic carbocycles. The van der Waals surface area contributed by atoms with Crippen molar-refractivity contribution in [2.75, 3.05) is 19.7 Å². The lowest BCUT2D eigenvalue weighted by atomic mass is 9.97. The first-order chi connectivity index (χ1) is 10.1. The quantitative estimate of drug-likeness (QED) is 0.879. The van der Waals surface area contributed by atoms with Gasteiger partial charge in [0.2, 0.25) is 0 Å². The Kier molecular flexibility index (Phi) is 3.03. The van der Waals surface area contributed by atoms with Crippen LogP contribution in [0.3, 0.4) is 0 Å². The van der Waals surface area contributed by atoms with E-state index < -0.39 is 0 Å². The van der Waals surface area contributed by atoms with Gasteiger partial charge < -0.3 is 14.8 Å². The molecule has 2 aliphatic rings. The average Bonchev–Trinajstić information content (AvgIpc) is 2.94. The molecule has 1 aromatic heterocycles. The SMILES string of the molecule is CC1(C)Oc2ccccc2-c2nc(C3CNCCO3)sc21. The third-order valence-electron chi connectivity index (χ3n) is 3.90. The van der Waals surface area contributed by atoms with Crippen molar-refractivity contribution in [1.82, 2.24) is 10.3 Å². The Labute approximate surface area is 128 Å². The highest BCUT2D eigenvalue weighted by Gasteiger charge is 2.37. The molecule has 1 N–H and O–H groups in total. The molecule has 2 aromatic rings. The molecule has 2 aliphatic heterocycles. The Bertz CT molecular complexity index is 675. The van der Waals surface area contributed by atoms with Crippen molar-refractivity contribution in [1.29, 1.82) is 0 Å². The minimum absolute atomic E-state index is 0.0531. The zero-order chi connectivity index (χ0) is 14.4. The second-order valence-corrected chi connectivity index (χ2v) is 6.93. The van der Waals surface area contributed by atoms with E-state index in [0.717, 1.165) is 41.7 Å². The van der Waals surface area contributed by atoms with Crippen molar-refractivity contribution in [2.24, 2.45) is 0 Å². The molecule has 3 heterocycles. The highest BCUT2D eigenvalue weighted by molar-refractivity contribution is 7.12. The number of thiazole rings is 1. The van der Waals surface area contributed by atoms with Gasteiger partial charge in [0.15, 0.2) is 0 Å². The Balaban J connectivity index is 1.82. The van der Waals surface area contributed by atoms with Crippen LogP contribution in [0.4, 0.5) is 0 Å². The van der Waals surface area contributed by atoms with Crippen molar-refractivity contribution in [3.05, 3.63) is 34.2 Å². The first kappa shape index (κ1) is 13.2. The molecule has 110 valence electrons. The topological polar surface area (TPSA) is 43.4 Å². The molecule has 21 heavy (non-hydrogen) atoms. The van der Waals surface area contributed by atoms with Crippen molar-refractivity contribution in [3.8, 4) is 17.0 Å². The highest BCUT2D eigenvalue weighted by atomic mass is 32.1. The van der Waals surface area contributed by atoms with Gasteiger partial charge in [-0.25, -0.2) is 4.98 Å². The second kappa shape index (κ2) is 4.80. The van der Waals surface area contributed by atoms with Crippen LogP contribution in [0, 0.1) is 0 Å². The maximum Gasteiger partial charge on any atom is 0.140 e. The Hall–Kier alpha value is -1.43. The summed E-state index contributed by atoms with van der Waals surface area (Å²) >= 11 is 1.71. The number of hydrogen-bond acceptors (Lipinski definition) is 5. The molecule has 1 unspecified atom stereocenters. The van der Waals surface area contributed by atoms with Crippen LogP contribution in [-0.2, 0) is 10.3 Å². The normalized spacial score (nSPS) is 23.0. The fraction of sp³-hybridized carbons (Fsp3) is 0.438. The van der Waals surface area contributed by atoms with Crippen LogP contribution in [0.5, 0.6) is 5.75 Å². The number of nitrogens with zero attached hydrogens (tertiary/aromatic N) is 1. The van der Waals surface area contributed by atoms with Crippen LogP contribution in [0.1, 0.15) is 29.8 Å². The van der Waals surface area contributed by atoms with Gasteiger partial charge >= 0.3 is 0 Å². The van der Waals surface area contributed by atoms with Gasteiger partial charge in [-0.2, -0.15) is 0 Å². The zero-order valence-corrected chi connectivity index (χ0v) is 13.0. The maximum absolute atomic E-state index is 6.16. The van der Waals surface area contributed by atoms with E-state index in [1.807, 2.05) is 18.2 Å². The number of hydrogen-bond donors (Lipinski definition) is 1. The molecule has 0 amide bonds. The molecule has 1 fully saturated rings. The summed E-state index contributed by atoms with van der Waals surface area (Å²) in [6, 6.07) is 8.12. The maximum atomic E-state index is 6.16. The number of morpholine rings is 1. The van der Waals surface area contributed by atoms with Crippen LogP contribution in [-0.4, -0.2) is 24.7 Å². The molecule has 0 spiro atoms. The molecule has 5 heteroatoms. The van der Waals surface area contributed by atoms with Crippen LogP contribution >= 0.6 is 11.3 Å². The zero-order valence-electron chi connectivity index (χ0n) is 12.2. The minimum atomic E-state index is -0.346. The predicted octanol–water partition coefficient (Wildman–Crippen LogP) is 3.10. The summed E-state index contributed by atoms with van der Waals surface area (Å²) in [5.74, 6) is 0.912. The molecule has 4 nitrogen and oxygen atoms in total. The van der Waals surface area contributed by atoms with E-state index in [0.29, 0.717) is 0 Å². The molecule has 0 bridgehead atoms. The van der Waals surface area contributed by atoms with E-state index in [-0.39, 0.29) is 11.7 Å². The van der Waals surface area contributed by atoms with E-state index in [1.165, 1.54) is 4.88 Å². The van der Waals surface area contributed by atoms with Crippen molar-refractivity contribution in [3.63, 3.8) is 0 Å². The predicted molar refractivity (Wildman–Crippen MR) is 82.8 cm³/mol. The van der Waals surface area contributed by atoms with Crippen molar-refractivity contribution < 1.29 is 9.47 Å². The first-order valence-corrected chi connectivity index (χ1v) is 8.09. The van der Waals surface area contributed by atoms with E-state index in [4.69, 9.17) is 14.5 Å². The largest absolute Gasteiger partial charge is 0.482 e. The van der Waals surface area contributed by atoms with Crippen LogP contribution in [0.15, 0.2) is 24.3 Å². The lowest BCUT2D eigenvalue weighted by Crippen LogP contribution is -2.33.